The molecule has 1 rings (SSSR count). The Morgan fingerprint density at radius 1 is 1.67 bits per heavy atom. The maximum Gasteiger partial charge on any atom is 0.189 e. The van der Waals surface area contributed by atoms with Crippen molar-refractivity contribution in [3.05, 3.63) is 24.0 Å². The first-order valence-electron chi connectivity index (χ1n) is 4.97. The summed E-state index contributed by atoms with van der Waals surface area (Å²) in [6.45, 7) is 2.28. The average molecular weight is 208 g/mol. The summed E-state index contributed by atoms with van der Waals surface area (Å²) in [5.41, 5.74) is 5.90. The van der Waals surface area contributed by atoms with E-state index in [4.69, 9.17) is 10.5 Å². The standard InChI is InChI=1S/C11H16N2O2/c1-3-8(7-12)11(14)10-9(15-2)5-4-6-13-10/h4-6,8H,3,7,12H2,1-2H3. The van der Waals surface area contributed by atoms with Gasteiger partial charge in [-0.1, -0.05) is 6.92 Å². The number of nitrogens with zero attached hydrogens (tertiary/aromatic N) is 1. The van der Waals surface area contributed by atoms with Gasteiger partial charge in [0.1, 0.15) is 11.4 Å². The van der Waals surface area contributed by atoms with E-state index in [9.17, 15) is 4.79 Å². The van der Waals surface area contributed by atoms with E-state index in [1.165, 1.54) is 7.11 Å². The first kappa shape index (κ1) is 11.7. The Kier molecular flexibility index (Phi) is 4.24. The van der Waals surface area contributed by atoms with Crippen molar-refractivity contribution in [2.75, 3.05) is 13.7 Å². The van der Waals surface area contributed by atoms with E-state index in [0.717, 1.165) is 6.42 Å². The molecular formula is C11H16N2O2. The molecule has 1 aromatic rings. The number of hydrogen-bond donors (Lipinski definition) is 1. The van der Waals surface area contributed by atoms with Gasteiger partial charge < -0.3 is 10.5 Å². The Labute approximate surface area is 89.5 Å². The molecule has 0 bridgehead atoms. The summed E-state index contributed by atoms with van der Waals surface area (Å²) in [7, 11) is 1.52. The van der Waals surface area contributed by atoms with Crippen molar-refractivity contribution in [2.45, 2.75) is 13.3 Å². The summed E-state index contributed by atoms with van der Waals surface area (Å²) in [4.78, 5) is 16.0. The zero-order valence-corrected chi connectivity index (χ0v) is 9.06. The highest BCUT2D eigenvalue weighted by Crippen LogP contribution is 2.19. The van der Waals surface area contributed by atoms with Gasteiger partial charge in [-0.3, -0.25) is 4.79 Å². The molecule has 15 heavy (non-hydrogen) atoms. The van der Waals surface area contributed by atoms with Crippen LogP contribution in [-0.4, -0.2) is 24.4 Å². The van der Waals surface area contributed by atoms with Gasteiger partial charge in [0.2, 0.25) is 0 Å². The van der Waals surface area contributed by atoms with Crippen LogP contribution in [0.5, 0.6) is 5.75 Å². The molecule has 4 nitrogen and oxygen atoms in total. The van der Waals surface area contributed by atoms with Gasteiger partial charge in [-0.2, -0.15) is 0 Å². The van der Waals surface area contributed by atoms with E-state index in [1.807, 2.05) is 6.92 Å². The molecule has 0 aliphatic rings. The Morgan fingerprint density at radius 2 is 2.40 bits per heavy atom. The quantitative estimate of drug-likeness (QED) is 0.740. The lowest BCUT2D eigenvalue weighted by Crippen LogP contribution is -2.24. The van der Waals surface area contributed by atoms with Gasteiger partial charge in [0, 0.05) is 18.7 Å². The van der Waals surface area contributed by atoms with Crippen LogP contribution in [0.2, 0.25) is 0 Å². The summed E-state index contributed by atoms with van der Waals surface area (Å²) in [5, 5.41) is 0. The second-order valence-electron chi connectivity index (χ2n) is 3.26. The molecule has 0 aliphatic heterocycles. The maximum atomic E-state index is 12.0. The van der Waals surface area contributed by atoms with Gasteiger partial charge >= 0.3 is 0 Å². The lowest BCUT2D eigenvalue weighted by atomic mass is 9.98. The number of pyridine rings is 1. The Morgan fingerprint density at radius 3 is 2.93 bits per heavy atom. The molecule has 0 saturated carbocycles. The molecule has 1 atom stereocenters. The molecule has 0 saturated heterocycles. The summed E-state index contributed by atoms with van der Waals surface area (Å²) >= 11 is 0. The van der Waals surface area contributed by atoms with Gasteiger partial charge in [-0.25, -0.2) is 4.98 Å². The molecule has 2 N–H and O–H groups in total. The SMILES string of the molecule is CCC(CN)C(=O)c1ncccc1OC. The lowest BCUT2D eigenvalue weighted by Gasteiger charge is -2.12. The highest BCUT2D eigenvalue weighted by Gasteiger charge is 2.21. The van der Waals surface area contributed by atoms with E-state index in [-0.39, 0.29) is 11.7 Å². The summed E-state index contributed by atoms with van der Waals surface area (Å²) < 4.78 is 5.08. The summed E-state index contributed by atoms with van der Waals surface area (Å²) in [6.07, 6.45) is 2.30. The van der Waals surface area contributed by atoms with Gasteiger partial charge in [-0.15, -0.1) is 0 Å². The largest absolute Gasteiger partial charge is 0.494 e. The third-order valence-corrected chi connectivity index (χ3v) is 2.37. The molecule has 1 aromatic heterocycles. The molecule has 4 heteroatoms. The molecule has 1 unspecified atom stereocenters. The van der Waals surface area contributed by atoms with Gasteiger partial charge in [0.25, 0.3) is 0 Å². The van der Waals surface area contributed by atoms with Gasteiger partial charge in [0.15, 0.2) is 5.78 Å². The number of Topliss-reactive ketones (excluding diaryl/α,β-unsaturated/α-hetero) is 1. The zero-order valence-electron chi connectivity index (χ0n) is 9.06. The van der Waals surface area contributed by atoms with Gasteiger partial charge in [-0.05, 0) is 18.6 Å². The van der Waals surface area contributed by atoms with E-state index in [2.05, 4.69) is 4.98 Å². The van der Waals surface area contributed by atoms with Crippen LogP contribution >= 0.6 is 0 Å². The number of carbonyl (C=O) groups is 1. The molecule has 0 spiro atoms. The van der Waals surface area contributed by atoms with Crippen molar-refractivity contribution >= 4 is 5.78 Å². The minimum atomic E-state index is -0.172. The predicted molar refractivity (Wildman–Crippen MR) is 58.0 cm³/mol. The fourth-order valence-electron chi connectivity index (χ4n) is 1.39. The summed E-state index contributed by atoms with van der Waals surface area (Å²) in [6, 6.07) is 3.46. The number of aromatic nitrogens is 1. The van der Waals surface area contributed by atoms with Crippen molar-refractivity contribution in [1.29, 1.82) is 0 Å². The minimum Gasteiger partial charge on any atom is -0.494 e. The van der Waals surface area contributed by atoms with Crippen LogP contribution in [0.3, 0.4) is 0 Å². The molecule has 0 amide bonds. The second-order valence-corrected chi connectivity index (χ2v) is 3.26. The van der Waals surface area contributed by atoms with E-state index in [0.29, 0.717) is 18.0 Å². The van der Waals surface area contributed by atoms with Crippen LogP contribution in [0, 0.1) is 5.92 Å². The second kappa shape index (κ2) is 5.46. The fourth-order valence-corrected chi connectivity index (χ4v) is 1.39. The molecule has 1 heterocycles. The molecule has 0 radical (unpaired) electrons. The zero-order chi connectivity index (χ0) is 11.3. The number of hydrogen-bond acceptors (Lipinski definition) is 4. The normalized spacial score (nSPS) is 12.2. The Hall–Kier alpha value is -1.42. The van der Waals surface area contributed by atoms with Crippen molar-refractivity contribution < 1.29 is 9.53 Å². The first-order chi connectivity index (χ1) is 7.24. The van der Waals surface area contributed by atoms with Gasteiger partial charge in [0.05, 0.1) is 7.11 Å². The molecule has 0 aliphatic carbocycles. The minimum absolute atomic E-state index is 0.0440. The number of nitrogens with two attached hydrogens (primary N) is 1. The highest BCUT2D eigenvalue weighted by atomic mass is 16.5. The first-order valence-corrected chi connectivity index (χ1v) is 4.97. The smallest absolute Gasteiger partial charge is 0.189 e. The van der Waals surface area contributed by atoms with Crippen LogP contribution in [-0.2, 0) is 0 Å². The van der Waals surface area contributed by atoms with Crippen molar-refractivity contribution in [3.63, 3.8) is 0 Å². The Bertz CT molecular complexity index is 335. The third-order valence-electron chi connectivity index (χ3n) is 2.37. The van der Waals surface area contributed by atoms with Crippen LogP contribution in [0.15, 0.2) is 18.3 Å². The van der Waals surface area contributed by atoms with Crippen LogP contribution < -0.4 is 10.5 Å². The number of rotatable bonds is 5. The van der Waals surface area contributed by atoms with E-state index in [1.54, 1.807) is 18.3 Å². The number of ether oxygens (including phenoxy) is 1. The van der Waals surface area contributed by atoms with Crippen LogP contribution in [0.25, 0.3) is 0 Å². The van der Waals surface area contributed by atoms with Crippen LogP contribution in [0.1, 0.15) is 23.8 Å². The average Bonchev–Trinajstić information content (AvgIpc) is 2.30. The lowest BCUT2D eigenvalue weighted by molar-refractivity contribution is 0.0913. The summed E-state index contributed by atoms with van der Waals surface area (Å²) in [5.74, 6) is 0.292. The molecule has 82 valence electrons. The van der Waals surface area contributed by atoms with Crippen molar-refractivity contribution in [3.8, 4) is 5.75 Å². The van der Waals surface area contributed by atoms with E-state index < -0.39 is 0 Å². The highest BCUT2D eigenvalue weighted by molar-refractivity contribution is 5.98. The molecular weight excluding hydrogens is 192 g/mol. The van der Waals surface area contributed by atoms with Crippen molar-refractivity contribution in [1.82, 2.24) is 4.98 Å². The predicted octanol–water partition coefficient (Wildman–Crippen LogP) is 1.26. The molecule has 0 fully saturated rings. The Balaban J connectivity index is 2.99. The third kappa shape index (κ3) is 2.53. The van der Waals surface area contributed by atoms with Crippen molar-refractivity contribution in [2.24, 2.45) is 11.7 Å². The number of methoxy groups -OCH3 is 1. The molecule has 0 aromatic carbocycles. The van der Waals surface area contributed by atoms with Crippen LogP contribution in [0.4, 0.5) is 0 Å². The maximum absolute atomic E-state index is 12.0. The monoisotopic (exact) mass is 208 g/mol. The fraction of sp³-hybridized carbons (Fsp3) is 0.455. The number of ketones is 1. The number of carbonyl (C=O) groups excluding carboxylic acids is 1. The topological polar surface area (TPSA) is 65.2 Å². The van der Waals surface area contributed by atoms with E-state index >= 15 is 0 Å².